The molecule has 1 unspecified atom stereocenters. The van der Waals surface area contributed by atoms with E-state index < -0.39 is 0 Å². The predicted octanol–water partition coefficient (Wildman–Crippen LogP) is 3.54. The summed E-state index contributed by atoms with van der Waals surface area (Å²) in [5.74, 6) is 0. The van der Waals surface area contributed by atoms with Crippen LogP contribution in [-0.2, 0) is 0 Å². The maximum Gasteiger partial charge on any atom is 0.0361 e. The molecule has 0 radical (unpaired) electrons. The van der Waals surface area contributed by atoms with Crippen LogP contribution >= 0.6 is 0 Å². The number of hydrogen-bond acceptors (Lipinski definition) is 2. The number of hydrogen-bond donors (Lipinski definition) is 1. The Labute approximate surface area is 112 Å². The molecule has 0 spiro atoms. The first kappa shape index (κ1) is 14.8. The van der Waals surface area contributed by atoms with E-state index in [1.54, 1.807) is 0 Å². The zero-order chi connectivity index (χ0) is 13.5. The van der Waals surface area contributed by atoms with Crippen molar-refractivity contribution in [3.63, 3.8) is 0 Å². The van der Waals surface area contributed by atoms with Crippen molar-refractivity contribution in [2.75, 3.05) is 25.5 Å². The molecule has 0 aliphatic carbocycles. The summed E-state index contributed by atoms with van der Waals surface area (Å²) < 4.78 is 0. The molecule has 1 aromatic rings. The smallest absolute Gasteiger partial charge is 0.0361 e. The van der Waals surface area contributed by atoms with Crippen LogP contribution in [0, 0.1) is 0 Å². The second-order valence-corrected chi connectivity index (χ2v) is 5.05. The molecule has 0 saturated heterocycles. The van der Waals surface area contributed by atoms with Gasteiger partial charge in [-0.15, -0.1) is 0 Å². The minimum atomic E-state index is 0.443. The van der Waals surface area contributed by atoms with E-state index in [4.69, 9.17) is 0 Å². The summed E-state index contributed by atoms with van der Waals surface area (Å²) >= 11 is 0. The van der Waals surface area contributed by atoms with E-state index in [0.29, 0.717) is 6.04 Å². The molecule has 0 amide bonds. The lowest BCUT2D eigenvalue weighted by molar-refractivity contribution is 0.604. The molecule has 0 saturated carbocycles. The van der Waals surface area contributed by atoms with Crippen LogP contribution in [0.2, 0.25) is 0 Å². The largest absolute Gasteiger partial charge is 0.378 e. The number of nitrogens with zero attached hydrogens (tertiary/aromatic N) is 1. The van der Waals surface area contributed by atoms with Gasteiger partial charge in [0.1, 0.15) is 0 Å². The van der Waals surface area contributed by atoms with Gasteiger partial charge in [0.2, 0.25) is 0 Å². The first-order chi connectivity index (χ1) is 8.54. The molecule has 18 heavy (non-hydrogen) atoms. The summed E-state index contributed by atoms with van der Waals surface area (Å²) in [5.41, 5.74) is 3.88. The van der Waals surface area contributed by atoms with Gasteiger partial charge >= 0.3 is 0 Å². The van der Waals surface area contributed by atoms with Crippen LogP contribution in [-0.4, -0.2) is 26.7 Å². The fourth-order valence-electron chi connectivity index (χ4n) is 1.78. The van der Waals surface area contributed by atoms with Crippen molar-refractivity contribution in [1.82, 2.24) is 5.32 Å². The van der Waals surface area contributed by atoms with Crippen molar-refractivity contribution in [3.05, 3.63) is 35.4 Å². The highest BCUT2D eigenvalue weighted by molar-refractivity contribution is 5.57. The first-order valence-corrected chi connectivity index (χ1v) is 6.73. The number of rotatable bonds is 6. The molecule has 0 aromatic heterocycles. The number of nitrogens with one attached hydrogen (secondary N) is 1. The fourth-order valence-corrected chi connectivity index (χ4v) is 1.78. The third-order valence-electron chi connectivity index (χ3n) is 3.19. The molecule has 0 bridgehead atoms. The van der Waals surface area contributed by atoms with Gasteiger partial charge in [-0.1, -0.05) is 30.7 Å². The van der Waals surface area contributed by atoms with E-state index in [0.717, 1.165) is 6.54 Å². The third-order valence-corrected chi connectivity index (χ3v) is 3.19. The molecule has 0 aliphatic rings. The zero-order valence-corrected chi connectivity index (χ0v) is 12.3. The molecular formula is C16H26N2. The van der Waals surface area contributed by atoms with E-state index in [9.17, 15) is 0 Å². The Balaban J connectivity index is 2.69. The molecular weight excluding hydrogens is 220 g/mol. The van der Waals surface area contributed by atoms with E-state index in [1.807, 2.05) is 0 Å². The summed E-state index contributed by atoms with van der Waals surface area (Å²) in [4.78, 5) is 2.12. The minimum Gasteiger partial charge on any atom is -0.378 e. The number of benzene rings is 1. The highest BCUT2D eigenvalue weighted by atomic mass is 15.1. The van der Waals surface area contributed by atoms with Crippen LogP contribution < -0.4 is 10.2 Å². The van der Waals surface area contributed by atoms with Crippen LogP contribution in [0.15, 0.2) is 29.8 Å². The lowest BCUT2D eigenvalue weighted by Gasteiger charge is -2.15. The Morgan fingerprint density at radius 1 is 1.28 bits per heavy atom. The summed E-state index contributed by atoms with van der Waals surface area (Å²) in [6, 6.07) is 9.10. The van der Waals surface area contributed by atoms with Crippen LogP contribution in [0.4, 0.5) is 5.69 Å². The van der Waals surface area contributed by atoms with Gasteiger partial charge in [0.05, 0.1) is 0 Å². The van der Waals surface area contributed by atoms with Crippen LogP contribution in [0.1, 0.15) is 32.8 Å². The van der Waals surface area contributed by atoms with E-state index in [2.05, 4.69) is 75.4 Å². The molecule has 0 heterocycles. The van der Waals surface area contributed by atoms with Crippen LogP contribution in [0.25, 0.3) is 6.08 Å². The topological polar surface area (TPSA) is 15.3 Å². The van der Waals surface area contributed by atoms with Crippen molar-refractivity contribution < 1.29 is 0 Å². The average Bonchev–Trinajstić information content (AvgIpc) is 2.36. The summed E-state index contributed by atoms with van der Waals surface area (Å²) in [6.45, 7) is 7.67. The Hall–Kier alpha value is -1.28. The fraction of sp³-hybridized carbons (Fsp3) is 0.500. The Bertz CT molecular complexity index is 377. The Kier molecular flexibility index (Phi) is 5.93. The molecule has 0 fully saturated rings. The van der Waals surface area contributed by atoms with E-state index >= 15 is 0 Å². The van der Waals surface area contributed by atoms with Crippen LogP contribution in [0.5, 0.6) is 0 Å². The molecule has 1 rings (SSSR count). The maximum absolute atomic E-state index is 3.51. The lowest BCUT2D eigenvalue weighted by Crippen LogP contribution is -2.27. The molecule has 1 aromatic carbocycles. The SMILES string of the molecule is CCCNC(C)/C(C)=C/c1ccc(N(C)C)cc1. The normalized spacial score (nSPS) is 13.5. The monoisotopic (exact) mass is 246 g/mol. The highest BCUT2D eigenvalue weighted by Gasteiger charge is 2.02. The molecule has 0 aliphatic heterocycles. The molecule has 2 heteroatoms. The Morgan fingerprint density at radius 3 is 2.39 bits per heavy atom. The molecule has 2 nitrogen and oxygen atoms in total. The Morgan fingerprint density at radius 2 is 1.89 bits per heavy atom. The van der Waals surface area contributed by atoms with Gasteiger partial charge in [0.25, 0.3) is 0 Å². The minimum absolute atomic E-state index is 0.443. The highest BCUT2D eigenvalue weighted by Crippen LogP contribution is 2.15. The second-order valence-electron chi connectivity index (χ2n) is 5.05. The van der Waals surface area contributed by atoms with Crippen molar-refractivity contribution in [2.24, 2.45) is 0 Å². The first-order valence-electron chi connectivity index (χ1n) is 6.73. The van der Waals surface area contributed by atoms with Crippen molar-refractivity contribution in [1.29, 1.82) is 0 Å². The van der Waals surface area contributed by atoms with Gasteiger partial charge in [-0.2, -0.15) is 0 Å². The predicted molar refractivity (Wildman–Crippen MR) is 82.2 cm³/mol. The number of anilines is 1. The van der Waals surface area contributed by atoms with Crippen molar-refractivity contribution >= 4 is 11.8 Å². The summed E-state index contributed by atoms with van der Waals surface area (Å²) in [5, 5.41) is 3.51. The maximum atomic E-state index is 3.51. The molecule has 1 atom stereocenters. The van der Waals surface area contributed by atoms with Gasteiger partial charge in [-0.25, -0.2) is 0 Å². The molecule has 100 valence electrons. The van der Waals surface area contributed by atoms with Crippen LogP contribution in [0.3, 0.4) is 0 Å². The quantitative estimate of drug-likeness (QED) is 0.826. The summed E-state index contributed by atoms with van der Waals surface area (Å²) in [7, 11) is 4.12. The van der Waals surface area contributed by atoms with Gasteiger partial charge in [0.15, 0.2) is 0 Å². The van der Waals surface area contributed by atoms with Gasteiger partial charge < -0.3 is 10.2 Å². The van der Waals surface area contributed by atoms with E-state index in [-0.39, 0.29) is 0 Å². The van der Waals surface area contributed by atoms with Crippen molar-refractivity contribution in [2.45, 2.75) is 33.2 Å². The van der Waals surface area contributed by atoms with Gasteiger partial charge in [-0.3, -0.25) is 0 Å². The van der Waals surface area contributed by atoms with Gasteiger partial charge in [-0.05, 0) is 44.5 Å². The average molecular weight is 246 g/mol. The zero-order valence-electron chi connectivity index (χ0n) is 12.3. The van der Waals surface area contributed by atoms with Gasteiger partial charge in [0, 0.05) is 25.8 Å². The third kappa shape index (κ3) is 4.53. The van der Waals surface area contributed by atoms with E-state index in [1.165, 1.54) is 23.2 Å². The second kappa shape index (κ2) is 7.22. The lowest BCUT2D eigenvalue weighted by atomic mass is 10.1. The standard InChI is InChI=1S/C16H26N2/c1-6-11-17-14(3)13(2)12-15-7-9-16(10-8-15)18(4)5/h7-10,12,14,17H,6,11H2,1-5H3/b13-12+. The molecule has 1 N–H and O–H groups in total. The summed E-state index contributed by atoms with van der Waals surface area (Å²) in [6.07, 6.45) is 3.43. The van der Waals surface area contributed by atoms with Crippen molar-refractivity contribution in [3.8, 4) is 0 Å².